The second-order valence-corrected chi connectivity index (χ2v) is 7.77. The highest BCUT2D eigenvalue weighted by Gasteiger charge is 2.15. The summed E-state index contributed by atoms with van der Waals surface area (Å²) in [6.45, 7) is -0.104. The summed E-state index contributed by atoms with van der Waals surface area (Å²) in [7, 11) is -3.47. The normalized spacial score (nSPS) is 11.5. The maximum absolute atomic E-state index is 14.4. The number of carbonyl (C=O) groups excluding carboxylic acids is 1. The SMILES string of the molecule is CS(=O)(=O)c1ccccc1-c1ccc(CN=C(N)NNC(=O)CC#N)c(F)c1. The van der Waals surface area contributed by atoms with Crippen LogP contribution in [0.15, 0.2) is 52.4 Å². The topological polar surface area (TPSA) is 137 Å². The molecule has 2 aromatic rings. The molecule has 0 atom stereocenters. The van der Waals surface area contributed by atoms with E-state index < -0.39 is 21.6 Å². The second-order valence-electron chi connectivity index (χ2n) is 5.78. The van der Waals surface area contributed by atoms with Crippen LogP contribution in [0.5, 0.6) is 0 Å². The van der Waals surface area contributed by atoms with Crippen LogP contribution in [-0.2, 0) is 21.2 Å². The molecule has 8 nitrogen and oxygen atoms in total. The van der Waals surface area contributed by atoms with Gasteiger partial charge in [-0.2, -0.15) is 5.26 Å². The Labute approximate surface area is 161 Å². The van der Waals surface area contributed by atoms with Gasteiger partial charge in [-0.05, 0) is 17.7 Å². The van der Waals surface area contributed by atoms with Crippen LogP contribution < -0.4 is 16.6 Å². The van der Waals surface area contributed by atoms with E-state index in [0.717, 1.165) is 6.26 Å². The second kappa shape index (κ2) is 8.96. The molecule has 0 aliphatic carbocycles. The molecule has 10 heteroatoms. The number of nitrogens with zero attached hydrogens (tertiary/aromatic N) is 2. The fraction of sp³-hybridized carbons (Fsp3) is 0.167. The summed E-state index contributed by atoms with van der Waals surface area (Å²) in [6, 6.07) is 12.3. The number of hydrazine groups is 1. The Morgan fingerprint density at radius 2 is 1.96 bits per heavy atom. The average molecular weight is 403 g/mol. The summed E-state index contributed by atoms with van der Waals surface area (Å²) in [6.07, 6.45) is 0.752. The van der Waals surface area contributed by atoms with Crippen molar-refractivity contribution in [3.8, 4) is 17.2 Å². The summed E-state index contributed by atoms with van der Waals surface area (Å²) < 4.78 is 38.3. The van der Waals surface area contributed by atoms with E-state index in [9.17, 15) is 17.6 Å². The lowest BCUT2D eigenvalue weighted by Gasteiger charge is -2.10. The van der Waals surface area contributed by atoms with Crippen LogP contribution in [0.1, 0.15) is 12.0 Å². The van der Waals surface area contributed by atoms with Gasteiger partial charge in [0.15, 0.2) is 9.84 Å². The third-order valence-electron chi connectivity index (χ3n) is 3.64. The van der Waals surface area contributed by atoms with Crippen LogP contribution in [0.4, 0.5) is 4.39 Å². The number of carbonyl (C=O) groups is 1. The minimum absolute atomic E-state index is 0.104. The Morgan fingerprint density at radius 3 is 2.61 bits per heavy atom. The van der Waals surface area contributed by atoms with Gasteiger partial charge in [-0.25, -0.2) is 17.8 Å². The zero-order chi connectivity index (χ0) is 20.7. The van der Waals surface area contributed by atoms with Gasteiger partial charge in [-0.3, -0.25) is 15.6 Å². The quantitative estimate of drug-likeness (QED) is 0.390. The number of benzene rings is 2. The van der Waals surface area contributed by atoms with Crippen molar-refractivity contribution in [3.63, 3.8) is 0 Å². The monoisotopic (exact) mass is 403 g/mol. The van der Waals surface area contributed by atoms with E-state index in [4.69, 9.17) is 11.0 Å². The number of hydrogen-bond acceptors (Lipinski definition) is 5. The average Bonchev–Trinajstić information content (AvgIpc) is 2.65. The van der Waals surface area contributed by atoms with Crippen LogP contribution in [-0.4, -0.2) is 26.5 Å². The lowest BCUT2D eigenvalue weighted by Crippen LogP contribution is -2.45. The van der Waals surface area contributed by atoms with Crippen molar-refractivity contribution < 1.29 is 17.6 Å². The fourth-order valence-electron chi connectivity index (χ4n) is 2.33. The Hall–Kier alpha value is -3.45. The van der Waals surface area contributed by atoms with Crippen molar-refractivity contribution in [2.24, 2.45) is 10.7 Å². The van der Waals surface area contributed by atoms with E-state index in [-0.39, 0.29) is 29.4 Å². The van der Waals surface area contributed by atoms with Crippen molar-refractivity contribution in [2.45, 2.75) is 17.9 Å². The number of amides is 1. The summed E-state index contributed by atoms with van der Waals surface area (Å²) in [4.78, 5) is 15.1. The molecule has 0 radical (unpaired) electrons. The Bertz CT molecular complexity index is 1060. The van der Waals surface area contributed by atoms with Crippen LogP contribution in [0, 0.1) is 17.1 Å². The van der Waals surface area contributed by atoms with Gasteiger partial charge in [-0.1, -0.05) is 30.3 Å². The third kappa shape index (κ3) is 5.52. The van der Waals surface area contributed by atoms with Crippen molar-refractivity contribution >= 4 is 21.7 Å². The van der Waals surface area contributed by atoms with Crippen molar-refractivity contribution in [3.05, 3.63) is 53.8 Å². The molecule has 146 valence electrons. The Morgan fingerprint density at radius 1 is 1.25 bits per heavy atom. The third-order valence-corrected chi connectivity index (χ3v) is 4.79. The Balaban J connectivity index is 2.17. The molecular formula is C18H18FN5O3S. The Kier molecular flexibility index (Phi) is 6.68. The molecular weight excluding hydrogens is 385 g/mol. The molecule has 0 spiro atoms. The molecule has 4 N–H and O–H groups in total. The van der Waals surface area contributed by atoms with Crippen molar-refractivity contribution in [1.82, 2.24) is 10.9 Å². The zero-order valence-electron chi connectivity index (χ0n) is 14.9. The van der Waals surface area contributed by atoms with Gasteiger partial charge in [0.1, 0.15) is 12.2 Å². The number of rotatable bonds is 5. The van der Waals surface area contributed by atoms with Gasteiger partial charge in [-0.15, -0.1) is 0 Å². The zero-order valence-corrected chi connectivity index (χ0v) is 15.8. The molecule has 0 heterocycles. The molecule has 2 aromatic carbocycles. The summed E-state index contributed by atoms with van der Waals surface area (Å²) in [5.74, 6) is -1.32. The molecule has 2 rings (SSSR count). The van der Waals surface area contributed by atoms with E-state index in [1.54, 1.807) is 30.3 Å². The van der Waals surface area contributed by atoms with E-state index >= 15 is 0 Å². The van der Waals surface area contributed by atoms with Gasteiger partial charge in [0.05, 0.1) is 17.5 Å². The summed E-state index contributed by atoms with van der Waals surface area (Å²) in [5, 5.41) is 8.38. The number of halogens is 1. The maximum atomic E-state index is 14.4. The van der Waals surface area contributed by atoms with Gasteiger partial charge in [0, 0.05) is 17.4 Å². The highest BCUT2D eigenvalue weighted by atomic mass is 32.2. The van der Waals surface area contributed by atoms with E-state index in [1.165, 1.54) is 18.2 Å². The number of guanidine groups is 1. The predicted octanol–water partition coefficient (Wildman–Crippen LogP) is 1.25. The lowest BCUT2D eigenvalue weighted by atomic mass is 10.0. The molecule has 0 aromatic heterocycles. The van der Waals surface area contributed by atoms with E-state index in [2.05, 4.69) is 15.8 Å². The smallest absolute Gasteiger partial charge is 0.252 e. The fourth-order valence-corrected chi connectivity index (χ4v) is 3.24. The first-order valence-electron chi connectivity index (χ1n) is 8.02. The largest absolute Gasteiger partial charge is 0.369 e. The first-order valence-corrected chi connectivity index (χ1v) is 9.91. The molecule has 0 fully saturated rings. The first kappa shape index (κ1) is 20.9. The van der Waals surface area contributed by atoms with Crippen LogP contribution in [0.3, 0.4) is 0 Å². The number of nitrogens with one attached hydrogen (secondary N) is 2. The number of nitriles is 1. The van der Waals surface area contributed by atoms with Crippen LogP contribution in [0.25, 0.3) is 11.1 Å². The number of aliphatic imine (C=N–C) groups is 1. The highest BCUT2D eigenvalue weighted by Crippen LogP contribution is 2.28. The van der Waals surface area contributed by atoms with E-state index in [0.29, 0.717) is 11.1 Å². The van der Waals surface area contributed by atoms with Gasteiger partial charge in [0.2, 0.25) is 5.96 Å². The summed E-state index contributed by atoms with van der Waals surface area (Å²) >= 11 is 0. The van der Waals surface area contributed by atoms with Gasteiger partial charge in [0.25, 0.3) is 5.91 Å². The number of nitrogens with two attached hydrogens (primary N) is 1. The standard InChI is InChI=1S/C18H18FN5O3S/c1-28(26,27)16-5-3-2-4-14(16)12-6-7-13(15(19)10-12)11-22-18(21)24-23-17(25)8-9-20/h2-7,10H,8,11H2,1H3,(H,23,25)(H3,21,22,24). The van der Waals surface area contributed by atoms with Gasteiger partial charge < -0.3 is 5.73 Å². The minimum atomic E-state index is -3.47. The minimum Gasteiger partial charge on any atom is -0.369 e. The molecule has 0 aliphatic heterocycles. The number of sulfone groups is 1. The van der Waals surface area contributed by atoms with Crippen LogP contribution in [0.2, 0.25) is 0 Å². The molecule has 1 amide bonds. The molecule has 0 bridgehead atoms. The summed E-state index contributed by atoms with van der Waals surface area (Å²) in [5.41, 5.74) is 11.1. The van der Waals surface area contributed by atoms with Crippen molar-refractivity contribution in [1.29, 1.82) is 5.26 Å². The van der Waals surface area contributed by atoms with Crippen molar-refractivity contribution in [2.75, 3.05) is 6.26 Å². The molecule has 0 aliphatic rings. The van der Waals surface area contributed by atoms with E-state index in [1.807, 2.05) is 0 Å². The maximum Gasteiger partial charge on any atom is 0.252 e. The van der Waals surface area contributed by atoms with Gasteiger partial charge >= 0.3 is 0 Å². The highest BCUT2D eigenvalue weighted by molar-refractivity contribution is 7.90. The molecule has 28 heavy (non-hydrogen) atoms. The van der Waals surface area contributed by atoms with Crippen LogP contribution >= 0.6 is 0 Å². The molecule has 0 unspecified atom stereocenters. The lowest BCUT2D eigenvalue weighted by molar-refractivity contribution is -0.120. The predicted molar refractivity (Wildman–Crippen MR) is 102 cm³/mol. The molecule has 0 saturated carbocycles. The first-order chi connectivity index (χ1) is 13.2. The molecule has 0 saturated heterocycles. The number of hydrogen-bond donors (Lipinski definition) is 3.